The van der Waals surface area contributed by atoms with Crippen LogP contribution in [-0.4, -0.2) is 60.7 Å². The van der Waals surface area contributed by atoms with E-state index in [1.165, 1.54) is 7.11 Å². The van der Waals surface area contributed by atoms with E-state index in [4.69, 9.17) is 4.74 Å². The molecular formula is C21H29N3O3. The van der Waals surface area contributed by atoms with Crippen molar-refractivity contribution >= 4 is 22.9 Å². The molecule has 0 radical (unpaired) electrons. The number of amides is 2. The standard InChI is InChI=1S/C21H29N3O3/c1-14(16-10-12-23(13-11-16)21(26)22(3)4)24-15(2)19(20(25)27-5)17-8-6-7-9-18(17)24/h6-9,14,16H,10-13H2,1-5H3. The highest BCUT2D eigenvalue weighted by atomic mass is 16.5. The number of likely N-dealkylation sites (tertiary alicyclic amines) is 1. The molecule has 146 valence electrons. The molecule has 0 N–H and O–H groups in total. The first-order valence-corrected chi connectivity index (χ1v) is 9.50. The lowest BCUT2D eigenvalue weighted by molar-refractivity contribution is 0.0601. The van der Waals surface area contributed by atoms with Crippen LogP contribution in [0.15, 0.2) is 24.3 Å². The summed E-state index contributed by atoms with van der Waals surface area (Å²) >= 11 is 0. The number of nitrogens with zero attached hydrogens (tertiary/aromatic N) is 3. The van der Waals surface area contributed by atoms with Crippen LogP contribution in [0.25, 0.3) is 10.9 Å². The van der Waals surface area contributed by atoms with Gasteiger partial charge in [-0.2, -0.15) is 0 Å². The van der Waals surface area contributed by atoms with Gasteiger partial charge in [-0.15, -0.1) is 0 Å². The number of methoxy groups -OCH3 is 1. The molecule has 2 amide bonds. The van der Waals surface area contributed by atoms with Crippen molar-refractivity contribution in [1.29, 1.82) is 0 Å². The highest BCUT2D eigenvalue weighted by Crippen LogP contribution is 2.36. The minimum Gasteiger partial charge on any atom is -0.465 e. The lowest BCUT2D eigenvalue weighted by Crippen LogP contribution is -2.44. The van der Waals surface area contributed by atoms with E-state index < -0.39 is 0 Å². The summed E-state index contributed by atoms with van der Waals surface area (Å²) in [5, 5.41) is 0.939. The maximum Gasteiger partial charge on any atom is 0.340 e. The van der Waals surface area contributed by atoms with Crippen molar-refractivity contribution in [3.63, 3.8) is 0 Å². The van der Waals surface area contributed by atoms with E-state index in [-0.39, 0.29) is 18.0 Å². The van der Waals surface area contributed by atoms with Crippen molar-refractivity contribution in [3.8, 4) is 0 Å². The molecule has 1 aromatic carbocycles. The molecule has 0 aliphatic carbocycles. The predicted molar refractivity (Wildman–Crippen MR) is 106 cm³/mol. The SMILES string of the molecule is COC(=O)c1c(C)n(C(C)C2CCN(C(=O)N(C)C)CC2)c2ccccc12. The fourth-order valence-corrected chi connectivity index (χ4v) is 4.34. The zero-order chi connectivity index (χ0) is 19.7. The monoisotopic (exact) mass is 371 g/mol. The van der Waals surface area contributed by atoms with Gasteiger partial charge in [0, 0.05) is 49.8 Å². The van der Waals surface area contributed by atoms with Crippen molar-refractivity contribution in [1.82, 2.24) is 14.4 Å². The third-order valence-electron chi connectivity index (χ3n) is 5.83. The van der Waals surface area contributed by atoms with E-state index in [1.54, 1.807) is 19.0 Å². The van der Waals surface area contributed by atoms with Crippen LogP contribution in [0.4, 0.5) is 4.79 Å². The van der Waals surface area contributed by atoms with E-state index in [0.717, 1.165) is 42.5 Å². The number of rotatable bonds is 3. The number of hydrogen-bond donors (Lipinski definition) is 0. The maximum atomic E-state index is 12.4. The van der Waals surface area contributed by atoms with Crippen LogP contribution in [-0.2, 0) is 4.74 Å². The van der Waals surface area contributed by atoms with Crippen LogP contribution in [0.1, 0.15) is 41.9 Å². The Balaban J connectivity index is 1.89. The van der Waals surface area contributed by atoms with Gasteiger partial charge in [0.15, 0.2) is 0 Å². The first-order chi connectivity index (χ1) is 12.9. The first kappa shape index (κ1) is 19.3. The van der Waals surface area contributed by atoms with Crippen LogP contribution in [0.2, 0.25) is 0 Å². The number of ether oxygens (including phenoxy) is 1. The summed E-state index contributed by atoms with van der Waals surface area (Å²) in [7, 11) is 5.01. The maximum absolute atomic E-state index is 12.4. The number of esters is 1. The van der Waals surface area contributed by atoms with Crippen LogP contribution in [0.5, 0.6) is 0 Å². The second-order valence-electron chi connectivity index (χ2n) is 7.58. The molecule has 1 aromatic heterocycles. The van der Waals surface area contributed by atoms with Gasteiger partial charge in [-0.05, 0) is 38.7 Å². The summed E-state index contributed by atoms with van der Waals surface area (Å²) in [6.07, 6.45) is 1.92. The van der Waals surface area contributed by atoms with Crippen molar-refractivity contribution in [3.05, 3.63) is 35.5 Å². The second kappa shape index (κ2) is 7.62. The van der Waals surface area contributed by atoms with Gasteiger partial charge in [0.2, 0.25) is 0 Å². The van der Waals surface area contributed by atoms with Crippen LogP contribution < -0.4 is 0 Å². The predicted octanol–water partition coefficient (Wildman–Crippen LogP) is 3.69. The lowest BCUT2D eigenvalue weighted by atomic mass is 9.90. The molecule has 1 aliphatic rings. The number of carbonyl (C=O) groups is 2. The van der Waals surface area contributed by atoms with Crippen LogP contribution in [0, 0.1) is 12.8 Å². The Labute approximate surface area is 160 Å². The normalized spacial score (nSPS) is 16.4. The molecule has 2 aromatic rings. The van der Waals surface area contributed by atoms with Crippen molar-refractivity contribution in [2.45, 2.75) is 32.7 Å². The number of fused-ring (bicyclic) bond motifs is 1. The Morgan fingerprint density at radius 2 is 1.81 bits per heavy atom. The topological polar surface area (TPSA) is 54.8 Å². The van der Waals surface area contributed by atoms with Gasteiger partial charge in [-0.1, -0.05) is 18.2 Å². The van der Waals surface area contributed by atoms with E-state index >= 15 is 0 Å². The average Bonchev–Trinajstić information content (AvgIpc) is 2.98. The lowest BCUT2D eigenvalue weighted by Gasteiger charge is -2.37. The summed E-state index contributed by atoms with van der Waals surface area (Å²) < 4.78 is 7.30. The Kier molecular flexibility index (Phi) is 5.44. The summed E-state index contributed by atoms with van der Waals surface area (Å²) in [6, 6.07) is 8.33. The summed E-state index contributed by atoms with van der Waals surface area (Å²) in [5.41, 5.74) is 2.66. The van der Waals surface area contributed by atoms with Gasteiger partial charge in [0.25, 0.3) is 0 Å². The highest BCUT2D eigenvalue weighted by molar-refractivity contribution is 6.05. The first-order valence-electron chi connectivity index (χ1n) is 9.50. The Morgan fingerprint density at radius 3 is 2.41 bits per heavy atom. The Bertz CT molecular complexity index is 848. The molecule has 6 nitrogen and oxygen atoms in total. The number of para-hydroxylation sites is 1. The number of carbonyl (C=O) groups excluding carboxylic acids is 2. The van der Waals surface area contributed by atoms with Gasteiger partial charge in [0.05, 0.1) is 12.7 Å². The Hall–Kier alpha value is -2.50. The molecule has 1 unspecified atom stereocenters. The molecule has 1 aliphatic heterocycles. The summed E-state index contributed by atoms with van der Waals surface area (Å²) in [4.78, 5) is 28.1. The van der Waals surface area contributed by atoms with E-state index in [0.29, 0.717) is 11.5 Å². The molecule has 3 rings (SSSR count). The Morgan fingerprint density at radius 1 is 1.19 bits per heavy atom. The largest absolute Gasteiger partial charge is 0.465 e. The second-order valence-corrected chi connectivity index (χ2v) is 7.58. The summed E-state index contributed by atoms with van der Waals surface area (Å²) in [6.45, 7) is 5.75. The van der Waals surface area contributed by atoms with Gasteiger partial charge >= 0.3 is 12.0 Å². The van der Waals surface area contributed by atoms with Gasteiger partial charge in [0.1, 0.15) is 0 Å². The molecular weight excluding hydrogens is 342 g/mol. The molecule has 6 heteroatoms. The third-order valence-corrected chi connectivity index (χ3v) is 5.83. The van der Waals surface area contributed by atoms with Crippen molar-refractivity contribution in [2.75, 3.05) is 34.3 Å². The zero-order valence-corrected chi connectivity index (χ0v) is 16.9. The van der Waals surface area contributed by atoms with E-state index in [9.17, 15) is 9.59 Å². The molecule has 0 bridgehead atoms. The molecule has 0 saturated carbocycles. The average molecular weight is 371 g/mol. The van der Waals surface area contributed by atoms with Gasteiger partial charge in [-0.3, -0.25) is 0 Å². The molecule has 1 atom stereocenters. The smallest absolute Gasteiger partial charge is 0.340 e. The van der Waals surface area contributed by atoms with Crippen LogP contribution >= 0.6 is 0 Å². The number of aromatic nitrogens is 1. The quantitative estimate of drug-likeness (QED) is 0.773. The number of hydrogen-bond acceptors (Lipinski definition) is 3. The molecule has 2 heterocycles. The number of piperidine rings is 1. The van der Waals surface area contributed by atoms with E-state index in [2.05, 4.69) is 17.6 Å². The van der Waals surface area contributed by atoms with Gasteiger partial charge in [-0.25, -0.2) is 9.59 Å². The highest BCUT2D eigenvalue weighted by Gasteiger charge is 2.30. The fourth-order valence-electron chi connectivity index (χ4n) is 4.34. The number of urea groups is 1. The fraction of sp³-hybridized carbons (Fsp3) is 0.524. The van der Waals surface area contributed by atoms with Crippen molar-refractivity contribution < 1.29 is 14.3 Å². The molecule has 0 spiro atoms. The molecule has 1 saturated heterocycles. The minimum atomic E-state index is -0.291. The van der Waals surface area contributed by atoms with Crippen molar-refractivity contribution in [2.24, 2.45) is 5.92 Å². The van der Waals surface area contributed by atoms with Crippen LogP contribution in [0.3, 0.4) is 0 Å². The molecule has 1 fully saturated rings. The van der Waals surface area contributed by atoms with E-state index in [1.807, 2.05) is 30.0 Å². The zero-order valence-electron chi connectivity index (χ0n) is 16.9. The molecule has 27 heavy (non-hydrogen) atoms. The summed E-state index contributed by atoms with van der Waals surface area (Å²) in [5.74, 6) is 0.164. The minimum absolute atomic E-state index is 0.0803. The third kappa shape index (κ3) is 3.40. The number of benzene rings is 1. The van der Waals surface area contributed by atoms with Gasteiger partial charge < -0.3 is 19.1 Å².